The molecule has 3 N–H and O–H groups in total. The van der Waals surface area contributed by atoms with Crippen LogP contribution in [0.1, 0.15) is 110 Å². The summed E-state index contributed by atoms with van der Waals surface area (Å²) in [4.78, 5) is 32.4. The Kier molecular flexibility index (Phi) is 15.9. The number of hydrogen-bond donors (Lipinski definition) is 3. The average molecular weight is 549 g/mol. The van der Waals surface area contributed by atoms with E-state index in [-0.39, 0.29) is 12.3 Å². The Balaban J connectivity index is 1.60. The molecule has 2 aromatic carbocycles. The van der Waals surface area contributed by atoms with Gasteiger partial charge in [-0.1, -0.05) is 39.0 Å². The van der Waals surface area contributed by atoms with Crippen molar-refractivity contribution in [2.24, 2.45) is 0 Å². The quantitative estimate of drug-likeness (QED) is 0.0733. The summed E-state index contributed by atoms with van der Waals surface area (Å²) in [6, 6.07) is 18.2. The van der Waals surface area contributed by atoms with Crippen LogP contribution in [0.3, 0.4) is 0 Å². The molecule has 0 aliphatic rings. The molecule has 2 rings (SSSR count). The van der Waals surface area contributed by atoms with Gasteiger partial charge in [0, 0.05) is 0 Å². The molecule has 216 valence electrons. The molecule has 6 heteroatoms. The molecular formula is C32H53O5P. The van der Waals surface area contributed by atoms with Crippen molar-refractivity contribution in [3.63, 3.8) is 0 Å². The zero-order valence-electron chi connectivity index (χ0n) is 23.7. The van der Waals surface area contributed by atoms with Crippen LogP contribution in [0.5, 0.6) is 11.5 Å². The van der Waals surface area contributed by atoms with Gasteiger partial charge in [-0.3, -0.25) is 0 Å². The van der Waals surface area contributed by atoms with Crippen molar-refractivity contribution in [3.05, 3.63) is 60.7 Å². The molecule has 2 aromatic rings. The zero-order chi connectivity index (χ0) is 27.4. The summed E-state index contributed by atoms with van der Waals surface area (Å²) in [6.07, 6.45) is 18.5. The monoisotopic (exact) mass is 548 g/mol. The Labute approximate surface area is 231 Å². The minimum atomic E-state index is -4.91. The molecule has 0 atom stereocenters. The first kappa shape index (κ1) is 32.6. The first-order valence-corrected chi connectivity index (χ1v) is 17.5. The van der Waals surface area contributed by atoms with Crippen LogP contribution in [0.4, 0.5) is 0 Å². The normalized spacial score (nSPS) is 12.8. The second-order valence-electron chi connectivity index (χ2n) is 10.8. The molecule has 0 aromatic heterocycles. The van der Waals surface area contributed by atoms with E-state index in [1.54, 1.807) is 24.3 Å². The van der Waals surface area contributed by atoms with Gasteiger partial charge in [0.25, 0.3) is 0 Å². The number of para-hydroxylation sites is 2. The number of hydrogen-bond acceptors (Lipinski definition) is 5. The molecule has 5 nitrogen and oxygen atoms in total. The Morgan fingerprint density at radius 2 is 0.868 bits per heavy atom. The van der Waals surface area contributed by atoms with Gasteiger partial charge in [-0.2, -0.15) is 0 Å². The van der Waals surface area contributed by atoms with E-state index in [1.165, 1.54) is 77.0 Å². The maximum absolute atomic E-state index is 10.8. The van der Waals surface area contributed by atoms with Crippen LogP contribution in [0.15, 0.2) is 60.7 Å². The topological polar surface area (TPSA) is 79.2 Å². The Bertz CT molecular complexity index is 780. The molecule has 0 amide bonds. The Hall–Kier alpha value is -1.65. The fourth-order valence-corrected chi connectivity index (χ4v) is 6.59. The standard InChI is InChI=1S/C32H53O5P/c1-2-3-4-5-6-7-8-9-10-11-12-13-14-15-16-23-28-38(33,34,35)29-32(36-30-24-19-17-20-25-30)37-31-26-21-18-22-27-31/h17-22,24-27,32-35H,2-16,23,28-29H2,1H3. The van der Waals surface area contributed by atoms with Crippen molar-refractivity contribution in [1.82, 2.24) is 0 Å². The van der Waals surface area contributed by atoms with Crippen LogP contribution in [0, 0.1) is 0 Å². The van der Waals surface area contributed by atoms with Crippen LogP contribution < -0.4 is 9.47 Å². The van der Waals surface area contributed by atoms with Crippen LogP contribution in [-0.4, -0.2) is 33.3 Å². The molecule has 0 bridgehead atoms. The van der Waals surface area contributed by atoms with Gasteiger partial charge >= 0.3 is 193 Å². The fourth-order valence-electron chi connectivity index (χ4n) is 4.78. The van der Waals surface area contributed by atoms with Gasteiger partial charge in [-0.25, -0.2) is 0 Å². The molecule has 0 fully saturated rings. The summed E-state index contributed by atoms with van der Waals surface area (Å²) in [5.74, 6) is 1.09. The summed E-state index contributed by atoms with van der Waals surface area (Å²) >= 11 is 0. The van der Waals surface area contributed by atoms with Crippen molar-refractivity contribution < 1.29 is 24.2 Å². The van der Waals surface area contributed by atoms with Crippen molar-refractivity contribution in [1.29, 1.82) is 0 Å². The first-order chi connectivity index (χ1) is 18.4. The third-order valence-electron chi connectivity index (χ3n) is 7.01. The van der Waals surface area contributed by atoms with Gasteiger partial charge in [0.1, 0.15) is 0 Å². The van der Waals surface area contributed by atoms with Gasteiger partial charge in [-0.05, 0) is 0 Å². The van der Waals surface area contributed by atoms with E-state index in [2.05, 4.69) is 6.92 Å². The molecule has 0 heterocycles. The summed E-state index contributed by atoms with van der Waals surface area (Å²) in [5, 5.41) is 0. The second-order valence-corrected chi connectivity index (χ2v) is 14.3. The van der Waals surface area contributed by atoms with Crippen LogP contribution in [0.25, 0.3) is 0 Å². The third-order valence-corrected chi connectivity index (χ3v) is 9.29. The molecule has 0 saturated carbocycles. The van der Waals surface area contributed by atoms with Crippen molar-refractivity contribution in [2.45, 2.75) is 116 Å². The molecule has 0 aliphatic heterocycles. The van der Waals surface area contributed by atoms with E-state index < -0.39 is 13.6 Å². The average Bonchev–Trinajstić information content (AvgIpc) is 2.89. The van der Waals surface area contributed by atoms with E-state index in [1.807, 2.05) is 36.4 Å². The van der Waals surface area contributed by atoms with Crippen molar-refractivity contribution in [2.75, 3.05) is 12.3 Å². The van der Waals surface area contributed by atoms with E-state index in [0.29, 0.717) is 17.9 Å². The molecule has 0 saturated heterocycles. The first-order valence-electron chi connectivity index (χ1n) is 15.0. The molecule has 0 unspecified atom stereocenters. The minimum absolute atomic E-state index is 0.0309. The van der Waals surface area contributed by atoms with E-state index >= 15 is 0 Å². The third kappa shape index (κ3) is 16.3. The van der Waals surface area contributed by atoms with Gasteiger partial charge in [0.05, 0.1) is 0 Å². The van der Waals surface area contributed by atoms with Gasteiger partial charge in [0.15, 0.2) is 0 Å². The fraction of sp³-hybridized carbons (Fsp3) is 0.625. The van der Waals surface area contributed by atoms with E-state index in [0.717, 1.165) is 19.3 Å². The SMILES string of the molecule is CCCCCCCCCCCCCCCCCCP(O)(O)(O)CC(Oc1ccccc1)Oc1ccccc1. The molecule has 0 aliphatic carbocycles. The van der Waals surface area contributed by atoms with Gasteiger partial charge in [0.2, 0.25) is 0 Å². The molecule has 38 heavy (non-hydrogen) atoms. The van der Waals surface area contributed by atoms with Crippen LogP contribution in [-0.2, 0) is 0 Å². The zero-order valence-corrected chi connectivity index (χ0v) is 24.6. The van der Waals surface area contributed by atoms with Crippen molar-refractivity contribution >= 4 is 7.28 Å². The van der Waals surface area contributed by atoms with Gasteiger partial charge in [-0.15, -0.1) is 0 Å². The van der Waals surface area contributed by atoms with Crippen LogP contribution in [0.2, 0.25) is 0 Å². The Morgan fingerprint density at radius 1 is 0.526 bits per heavy atom. The predicted molar refractivity (Wildman–Crippen MR) is 161 cm³/mol. The molecule has 0 spiro atoms. The Morgan fingerprint density at radius 3 is 1.24 bits per heavy atom. The summed E-state index contributed by atoms with van der Waals surface area (Å²) in [6.45, 7) is 2.27. The van der Waals surface area contributed by atoms with E-state index in [4.69, 9.17) is 9.47 Å². The van der Waals surface area contributed by atoms with Crippen molar-refractivity contribution in [3.8, 4) is 11.5 Å². The number of rotatable bonds is 23. The maximum atomic E-state index is 10.8. The summed E-state index contributed by atoms with van der Waals surface area (Å²) in [5.41, 5.74) is 0. The molecular weight excluding hydrogens is 495 g/mol. The summed E-state index contributed by atoms with van der Waals surface area (Å²) in [7, 11) is -4.91. The number of ether oxygens (including phenoxy) is 2. The number of unbranched alkanes of at least 4 members (excludes halogenated alkanes) is 15. The van der Waals surface area contributed by atoms with Gasteiger partial charge < -0.3 is 0 Å². The number of benzene rings is 2. The van der Waals surface area contributed by atoms with Crippen LogP contribution >= 0.6 is 7.28 Å². The predicted octanol–water partition coefficient (Wildman–Crippen LogP) is 9.01. The second kappa shape index (κ2) is 18.6. The van der Waals surface area contributed by atoms with E-state index in [9.17, 15) is 14.7 Å². The summed E-state index contributed by atoms with van der Waals surface area (Å²) < 4.78 is 11.8. The molecule has 0 radical (unpaired) electrons.